The summed E-state index contributed by atoms with van der Waals surface area (Å²) in [6, 6.07) is 3.98. The van der Waals surface area contributed by atoms with Gasteiger partial charge in [0.15, 0.2) is 5.69 Å². The minimum Gasteiger partial charge on any atom is -0.125 e. The number of hydrogen-bond acceptors (Lipinski definition) is 1. The lowest BCUT2D eigenvalue weighted by molar-refractivity contribution is -0.633. The third-order valence-electron chi connectivity index (χ3n) is 2.09. The van der Waals surface area contributed by atoms with Gasteiger partial charge in [0, 0.05) is 10.5 Å². The van der Waals surface area contributed by atoms with Gasteiger partial charge in [-0.3, -0.25) is 0 Å². The monoisotopic (exact) mass is 176 g/mol. The summed E-state index contributed by atoms with van der Waals surface area (Å²) in [4.78, 5) is 0. The first kappa shape index (κ1) is 8.23. The van der Waals surface area contributed by atoms with E-state index in [2.05, 4.69) is 30.4 Å². The zero-order chi connectivity index (χ0) is 9.47. The van der Waals surface area contributed by atoms with Crippen molar-refractivity contribution in [3.8, 4) is 0 Å². The van der Waals surface area contributed by atoms with Gasteiger partial charge in [0.2, 0.25) is 6.20 Å². The fraction of sp³-hybridized carbons (Fsp3) is 0.400. The smallest absolute Gasteiger partial charge is 0.125 e. The summed E-state index contributed by atoms with van der Waals surface area (Å²) < 4.78 is 3.89. The average molecular weight is 176 g/mol. The van der Waals surface area contributed by atoms with Gasteiger partial charge < -0.3 is 0 Å². The van der Waals surface area contributed by atoms with Crippen molar-refractivity contribution in [3.05, 3.63) is 36.4 Å². The summed E-state index contributed by atoms with van der Waals surface area (Å²) in [6.45, 7) is 6.55. The minimum absolute atomic E-state index is 0.133. The van der Waals surface area contributed by atoms with Gasteiger partial charge >= 0.3 is 0 Å². The highest BCUT2D eigenvalue weighted by atomic mass is 15.5. The Balaban J connectivity index is 2.72. The van der Waals surface area contributed by atoms with Crippen molar-refractivity contribution in [1.29, 1.82) is 0 Å². The summed E-state index contributed by atoms with van der Waals surface area (Å²) in [6.07, 6.45) is 5.88. The minimum atomic E-state index is 0.133. The molecular weight excluding hydrogens is 162 g/mol. The molecule has 2 aromatic rings. The van der Waals surface area contributed by atoms with E-state index < -0.39 is 0 Å². The van der Waals surface area contributed by atoms with Gasteiger partial charge in [0.25, 0.3) is 0 Å². The lowest BCUT2D eigenvalue weighted by atomic mass is 9.93. The van der Waals surface area contributed by atoms with E-state index >= 15 is 0 Å². The van der Waals surface area contributed by atoms with E-state index in [1.165, 1.54) is 5.69 Å². The molecule has 0 saturated heterocycles. The second kappa shape index (κ2) is 2.55. The molecule has 0 aliphatic heterocycles. The topological polar surface area (TPSA) is 21.4 Å². The SMILES string of the molecule is CC(C)(C)c1cnn2cccc[n+]12. The van der Waals surface area contributed by atoms with Crippen molar-refractivity contribution in [3.63, 3.8) is 0 Å². The van der Waals surface area contributed by atoms with Crippen LogP contribution in [0.2, 0.25) is 0 Å². The molecule has 0 N–H and O–H groups in total. The summed E-state index contributed by atoms with van der Waals surface area (Å²) >= 11 is 0. The van der Waals surface area contributed by atoms with E-state index in [-0.39, 0.29) is 5.41 Å². The normalized spacial score (nSPS) is 12.2. The highest BCUT2D eigenvalue weighted by Crippen LogP contribution is 2.16. The van der Waals surface area contributed by atoms with Gasteiger partial charge in [-0.1, -0.05) is 20.8 Å². The Labute approximate surface area is 77.6 Å². The lowest BCUT2D eigenvalue weighted by Crippen LogP contribution is -2.36. The zero-order valence-electron chi connectivity index (χ0n) is 8.23. The van der Waals surface area contributed by atoms with E-state index in [1.54, 1.807) is 0 Å². The zero-order valence-corrected chi connectivity index (χ0v) is 8.23. The maximum atomic E-state index is 4.26. The molecule has 2 rings (SSSR count). The molecular formula is C10H14N3+. The summed E-state index contributed by atoms with van der Waals surface area (Å²) in [5.41, 5.74) is 1.35. The highest BCUT2D eigenvalue weighted by Gasteiger charge is 2.24. The van der Waals surface area contributed by atoms with E-state index in [0.29, 0.717) is 0 Å². The highest BCUT2D eigenvalue weighted by molar-refractivity contribution is 5.01. The van der Waals surface area contributed by atoms with E-state index in [0.717, 1.165) is 0 Å². The van der Waals surface area contributed by atoms with Gasteiger partial charge in [0.05, 0.1) is 6.20 Å². The molecule has 0 bridgehead atoms. The Morgan fingerprint density at radius 3 is 2.77 bits per heavy atom. The number of nitrogens with zero attached hydrogens (tertiary/aromatic N) is 3. The molecule has 0 radical (unpaired) electrons. The quantitative estimate of drug-likeness (QED) is 0.553. The third kappa shape index (κ3) is 1.30. The number of rotatable bonds is 0. The van der Waals surface area contributed by atoms with Gasteiger partial charge in [-0.25, -0.2) is 0 Å². The molecule has 2 aromatic heterocycles. The first-order valence-electron chi connectivity index (χ1n) is 4.44. The molecule has 0 fully saturated rings. The van der Waals surface area contributed by atoms with Crippen LogP contribution in [0.1, 0.15) is 26.5 Å². The van der Waals surface area contributed by atoms with Crippen LogP contribution in [0.25, 0.3) is 0 Å². The van der Waals surface area contributed by atoms with Crippen LogP contribution in [0.4, 0.5) is 0 Å². The average Bonchev–Trinajstić information content (AvgIpc) is 2.45. The molecule has 0 atom stereocenters. The van der Waals surface area contributed by atoms with Crippen LogP contribution in [0.3, 0.4) is 0 Å². The van der Waals surface area contributed by atoms with Crippen LogP contribution in [-0.4, -0.2) is 9.73 Å². The summed E-state index contributed by atoms with van der Waals surface area (Å²) in [5.74, 6) is 0. The second-order valence-electron chi connectivity index (χ2n) is 4.23. The van der Waals surface area contributed by atoms with Crippen LogP contribution in [0.15, 0.2) is 30.7 Å². The summed E-state index contributed by atoms with van der Waals surface area (Å²) in [7, 11) is 0. The van der Waals surface area contributed by atoms with Crippen LogP contribution >= 0.6 is 0 Å². The largest absolute Gasteiger partial charge is 0.211 e. The number of aromatic nitrogens is 3. The fourth-order valence-corrected chi connectivity index (χ4v) is 1.39. The first-order chi connectivity index (χ1) is 6.09. The molecule has 3 nitrogen and oxygen atoms in total. The van der Waals surface area contributed by atoms with Crippen LogP contribution in [0.5, 0.6) is 0 Å². The molecule has 13 heavy (non-hydrogen) atoms. The maximum Gasteiger partial charge on any atom is 0.211 e. The molecule has 0 saturated carbocycles. The van der Waals surface area contributed by atoms with Crippen molar-refractivity contribution in [2.75, 3.05) is 0 Å². The molecule has 0 unspecified atom stereocenters. The molecule has 0 aliphatic carbocycles. The fourth-order valence-electron chi connectivity index (χ4n) is 1.39. The Bertz CT molecular complexity index is 423. The van der Waals surface area contributed by atoms with Gasteiger partial charge in [-0.05, 0) is 16.8 Å². The van der Waals surface area contributed by atoms with Crippen LogP contribution < -0.4 is 4.52 Å². The lowest BCUT2D eigenvalue weighted by Gasteiger charge is -2.11. The maximum absolute atomic E-state index is 4.26. The molecule has 3 heteroatoms. The van der Waals surface area contributed by atoms with Gasteiger partial charge in [-0.15, -0.1) is 4.52 Å². The molecule has 0 aromatic carbocycles. The molecule has 0 aliphatic rings. The third-order valence-corrected chi connectivity index (χ3v) is 2.09. The van der Waals surface area contributed by atoms with E-state index in [4.69, 9.17) is 0 Å². The van der Waals surface area contributed by atoms with Crippen molar-refractivity contribution in [2.45, 2.75) is 26.2 Å². The predicted octanol–water partition coefficient (Wildman–Crippen LogP) is 1.22. The van der Waals surface area contributed by atoms with Crippen LogP contribution in [0, 0.1) is 0 Å². The Hall–Kier alpha value is -1.38. The summed E-state index contributed by atoms with van der Waals surface area (Å²) in [5, 5.41) is 4.26. The predicted molar refractivity (Wildman–Crippen MR) is 49.5 cm³/mol. The standard InChI is InChI=1S/C10H14N3/c1-10(2,3)9-8-11-13-7-5-4-6-12(9)13/h4-8H,1-3H3/q+1. The first-order valence-corrected chi connectivity index (χ1v) is 4.44. The van der Waals surface area contributed by atoms with E-state index in [9.17, 15) is 0 Å². The number of hydrogen-bond donors (Lipinski definition) is 0. The van der Waals surface area contributed by atoms with Crippen molar-refractivity contribution in [2.24, 2.45) is 0 Å². The van der Waals surface area contributed by atoms with Crippen LogP contribution in [-0.2, 0) is 5.41 Å². The van der Waals surface area contributed by atoms with Crippen molar-refractivity contribution < 1.29 is 4.52 Å². The molecule has 68 valence electrons. The second-order valence-corrected chi connectivity index (χ2v) is 4.23. The molecule has 0 amide bonds. The van der Waals surface area contributed by atoms with Gasteiger partial charge in [0.1, 0.15) is 6.20 Å². The van der Waals surface area contributed by atoms with Crippen molar-refractivity contribution >= 4 is 0 Å². The number of fused-ring (bicyclic) bond motifs is 1. The Kier molecular flexibility index (Phi) is 1.62. The Morgan fingerprint density at radius 2 is 2.08 bits per heavy atom. The Morgan fingerprint density at radius 1 is 1.31 bits per heavy atom. The van der Waals surface area contributed by atoms with E-state index in [1.807, 2.05) is 35.4 Å². The molecule has 0 spiro atoms. The van der Waals surface area contributed by atoms with Gasteiger partial charge in [-0.2, -0.15) is 0 Å². The van der Waals surface area contributed by atoms with Crippen molar-refractivity contribution in [1.82, 2.24) is 9.73 Å². The molecule has 2 heterocycles.